The third-order valence-electron chi connectivity index (χ3n) is 8.22. The van der Waals surface area contributed by atoms with Crippen LogP contribution in [0.2, 0.25) is 0 Å². The average molecular weight is 550 g/mol. The minimum absolute atomic E-state index is 0.853. The molecule has 2 fully saturated rings. The molecule has 0 saturated carbocycles. The lowest BCUT2D eigenvalue weighted by molar-refractivity contribution is 0.202. The molecule has 0 aromatic heterocycles. The van der Waals surface area contributed by atoms with Crippen molar-refractivity contribution >= 4 is 22.4 Å². The standard InChI is InChI=1S/C23H54N9P3/c1-27(2)33(10)24-34(28(3)4,29(5)6)26-35(25-33,30(7)8)32-20-16-23(17-21-32)13-11-12-22-14-18-31(9)19-15-22/h22-23H,11-21H2,1-10H3. The highest BCUT2D eigenvalue weighted by atomic mass is 31.3. The van der Waals surface area contributed by atoms with Crippen LogP contribution in [0.4, 0.5) is 0 Å². The van der Waals surface area contributed by atoms with E-state index in [1.54, 1.807) is 0 Å². The number of piperidine rings is 2. The summed E-state index contributed by atoms with van der Waals surface area (Å²) >= 11 is 0. The molecule has 3 aliphatic heterocycles. The van der Waals surface area contributed by atoms with Gasteiger partial charge in [0.15, 0.2) is 0 Å². The highest BCUT2D eigenvalue weighted by Crippen LogP contribution is 2.80. The second-order valence-corrected chi connectivity index (χ2v) is 21.5. The van der Waals surface area contributed by atoms with E-state index < -0.39 is 22.4 Å². The third-order valence-corrected chi connectivity index (χ3v) is 20.7. The molecule has 3 heterocycles. The van der Waals surface area contributed by atoms with E-state index in [1.807, 2.05) is 0 Å². The van der Waals surface area contributed by atoms with Gasteiger partial charge in [0.2, 0.25) is 15.0 Å². The Bertz CT molecular complexity index is 855. The van der Waals surface area contributed by atoms with Gasteiger partial charge in [-0.1, -0.05) is 19.3 Å². The minimum atomic E-state index is -2.23. The van der Waals surface area contributed by atoms with Gasteiger partial charge in [-0.2, -0.15) is 13.5 Å². The van der Waals surface area contributed by atoms with Gasteiger partial charge in [0.25, 0.3) is 0 Å². The van der Waals surface area contributed by atoms with Gasteiger partial charge in [-0.3, -0.25) is 4.67 Å². The van der Waals surface area contributed by atoms with Crippen LogP contribution in [0.25, 0.3) is 0 Å². The summed E-state index contributed by atoms with van der Waals surface area (Å²) in [7, 11) is 13.0. The molecule has 35 heavy (non-hydrogen) atoms. The molecule has 12 heteroatoms. The summed E-state index contributed by atoms with van der Waals surface area (Å²) < 4.78 is 28.6. The van der Waals surface area contributed by atoms with E-state index in [0.717, 1.165) is 24.9 Å². The first-order chi connectivity index (χ1) is 16.3. The second kappa shape index (κ2) is 12.1. The van der Waals surface area contributed by atoms with Crippen LogP contribution in [-0.2, 0) is 0 Å². The summed E-state index contributed by atoms with van der Waals surface area (Å²) in [5, 5.41) is 0. The molecule has 2 saturated heterocycles. The topological polar surface area (TPSA) is 56.5 Å². The lowest BCUT2D eigenvalue weighted by Gasteiger charge is -2.48. The van der Waals surface area contributed by atoms with Crippen molar-refractivity contribution in [2.45, 2.75) is 44.9 Å². The summed E-state index contributed by atoms with van der Waals surface area (Å²) in [5.74, 6) is 1.81. The van der Waals surface area contributed by atoms with Crippen LogP contribution >= 0.6 is 22.4 Å². The van der Waals surface area contributed by atoms with Gasteiger partial charge in [0.05, 0.1) is 0 Å². The Hall–Kier alpha value is 0.450. The SMILES string of the molecule is CN1CCC(CCCC2CCN(P3(N(C)C)=NP(N(C)C)(N(C)C)=NP(C)(N(C)C)=N3)CC2)CC1. The van der Waals surface area contributed by atoms with Gasteiger partial charge in [0, 0.05) is 19.8 Å². The molecule has 3 rings (SSSR count). The summed E-state index contributed by atoms with van der Waals surface area (Å²) in [4.78, 5) is 2.48. The number of hydrogen-bond acceptors (Lipinski definition) is 9. The molecule has 0 amide bonds. The van der Waals surface area contributed by atoms with Crippen molar-refractivity contribution in [2.75, 3.05) is 96.3 Å². The first-order valence-corrected chi connectivity index (χ1v) is 18.7. The zero-order valence-corrected chi connectivity index (χ0v) is 27.0. The zero-order valence-electron chi connectivity index (χ0n) is 24.3. The predicted octanol–water partition coefficient (Wildman–Crippen LogP) is 6.02. The molecule has 0 aliphatic carbocycles. The molecule has 0 aromatic carbocycles. The molecule has 0 radical (unpaired) electrons. The lowest BCUT2D eigenvalue weighted by Crippen LogP contribution is -2.36. The van der Waals surface area contributed by atoms with Crippen LogP contribution in [0.5, 0.6) is 0 Å². The van der Waals surface area contributed by atoms with Crippen molar-refractivity contribution in [1.29, 1.82) is 0 Å². The Morgan fingerprint density at radius 1 is 0.657 bits per heavy atom. The smallest absolute Gasteiger partial charge is 0.219 e. The Morgan fingerprint density at radius 3 is 1.57 bits per heavy atom. The van der Waals surface area contributed by atoms with E-state index in [1.165, 1.54) is 58.0 Å². The highest BCUT2D eigenvalue weighted by Gasteiger charge is 2.44. The summed E-state index contributed by atoms with van der Waals surface area (Å²) in [6.07, 6.45) is 9.58. The molecule has 0 bridgehead atoms. The monoisotopic (exact) mass is 549 g/mol. The van der Waals surface area contributed by atoms with Crippen molar-refractivity contribution in [3.05, 3.63) is 0 Å². The van der Waals surface area contributed by atoms with E-state index in [9.17, 15) is 0 Å². The molecule has 0 aromatic rings. The minimum Gasteiger partial charge on any atom is -0.306 e. The quantitative estimate of drug-likeness (QED) is 0.328. The van der Waals surface area contributed by atoms with E-state index in [0.29, 0.717) is 0 Å². The summed E-state index contributed by atoms with van der Waals surface area (Å²) in [6, 6.07) is 0. The molecular weight excluding hydrogens is 495 g/mol. The first-order valence-electron chi connectivity index (χ1n) is 13.4. The third kappa shape index (κ3) is 6.54. The highest BCUT2D eigenvalue weighted by molar-refractivity contribution is 7.83. The van der Waals surface area contributed by atoms with Crippen LogP contribution in [0.15, 0.2) is 13.5 Å². The first kappa shape index (κ1) is 30.0. The summed E-state index contributed by atoms with van der Waals surface area (Å²) in [6.45, 7) is 7.06. The Balaban J connectivity index is 1.78. The van der Waals surface area contributed by atoms with Gasteiger partial charge < -0.3 is 4.90 Å². The fourth-order valence-corrected chi connectivity index (χ4v) is 19.9. The Kier molecular flexibility index (Phi) is 10.4. The molecule has 206 valence electrons. The van der Waals surface area contributed by atoms with Crippen molar-refractivity contribution in [3.63, 3.8) is 0 Å². The van der Waals surface area contributed by atoms with Crippen molar-refractivity contribution in [3.8, 4) is 0 Å². The number of likely N-dealkylation sites (tertiary alicyclic amines) is 1. The van der Waals surface area contributed by atoms with Gasteiger partial charge in [0.1, 0.15) is 7.36 Å². The van der Waals surface area contributed by atoms with Crippen LogP contribution < -0.4 is 0 Å². The molecular formula is C23H54N9P3. The molecule has 9 nitrogen and oxygen atoms in total. The second-order valence-electron chi connectivity index (χ2n) is 11.7. The van der Waals surface area contributed by atoms with E-state index in [2.05, 4.69) is 98.3 Å². The maximum Gasteiger partial charge on any atom is 0.219 e. The van der Waals surface area contributed by atoms with E-state index in [-0.39, 0.29) is 0 Å². The molecule has 3 aliphatic rings. The average Bonchev–Trinajstić information content (AvgIpc) is 2.80. The maximum atomic E-state index is 5.69. The maximum absolute atomic E-state index is 5.69. The van der Waals surface area contributed by atoms with Crippen molar-refractivity contribution in [1.82, 2.24) is 28.3 Å². The summed E-state index contributed by atoms with van der Waals surface area (Å²) in [5.41, 5.74) is 0. The van der Waals surface area contributed by atoms with Crippen LogP contribution in [0.1, 0.15) is 44.9 Å². The van der Waals surface area contributed by atoms with Crippen molar-refractivity contribution in [2.24, 2.45) is 25.4 Å². The van der Waals surface area contributed by atoms with Crippen LogP contribution in [0, 0.1) is 11.8 Å². The number of hydrogen-bond donors (Lipinski definition) is 0. The van der Waals surface area contributed by atoms with Crippen molar-refractivity contribution < 1.29 is 0 Å². The van der Waals surface area contributed by atoms with E-state index >= 15 is 0 Å². The van der Waals surface area contributed by atoms with Crippen LogP contribution in [-0.4, -0.2) is 125 Å². The predicted molar refractivity (Wildman–Crippen MR) is 157 cm³/mol. The van der Waals surface area contributed by atoms with E-state index in [4.69, 9.17) is 13.5 Å². The van der Waals surface area contributed by atoms with Gasteiger partial charge in [-0.05, 0) is 114 Å². The van der Waals surface area contributed by atoms with Gasteiger partial charge >= 0.3 is 0 Å². The Labute approximate surface area is 217 Å². The van der Waals surface area contributed by atoms with Gasteiger partial charge in [-0.25, -0.2) is 18.7 Å². The molecule has 2 atom stereocenters. The van der Waals surface area contributed by atoms with Crippen LogP contribution in [0.3, 0.4) is 0 Å². The molecule has 2 unspecified atom stereocenters. The zero-order chi connectivity index (χ0) is 26.0. The fraction of sp³-hybridized carbons (Fsp3) is 1.00. The molecule has 0 N–H and O–H groups in total. The molecule has 0 spiro atoms. The number of nitrogens with zero attached hydrogens (tertiary/aromatic N) is 9. The lowest BCUT2D eigenvalue weighted by atomic mass is 9.87. The normalized spacial score (nSPS) is 31.7. The Morgan fingerprint density at radius 2 is 1.14 bits per heavy atom. The largest absolute Gasteiger partial charge is 0.306 e. The number of rotatable bonds is 9. The van der Waals surface area contributed by atoms with Gasteiger partial charge in [-0.15, -0.1) is 0 Å². The fourth-order valence-electron chi connectivity index (χ4n) is 5.56.